The highest BCUT2D eigenvalue weighted by Crippen LogP contribution is 2.24. The Morgan fingerprint density at radius 2 is 2.40 bits per heavy atom. The van der Waals surface area contributed by atoms with Gasteiger partial charge in [-0.3, -0.25) is 0 Å². The second kappa shape index (κ2) is 4.49. The number of hydrogen-bond acceptors (Lipinski definition) is 4. The lowest BCUT2D eigenvalue weighted by atomic mass is 10.4. The lowest BCUT2D eigenvalue weighted by molar-refractivity contribution is 0.337. The Bertz CT molecular complexity index is 322. The summed E-state index contributed by atoms with van der Waals surface area (Å²) in [6.45, 7) is 2.03. The van der Waals surface area contributed by atoms with Gasteiger partial charge in [0.05, 0.1) is 0 Å². The molecule has 1 aromatic heterocycles. The van der Waals surface area contributed by atoms with Crippen LogP contribution in [0, 0.1) is 0 Å². The Balaban J connectivity index is 1.73. The predicted molar refractivity (Wildman–Crippen MR) is 62.8 cm³/mol. The van der Waals surface area contributed by atoms with Crippen molar-refractivity contribution in [2.24, 2.45) is 0 Å². The molecule has 1 aromatic rings. The fraction of sp³-hybridized carbons (Fsp3) is 0.545. The summed E-state index contributed by atoms with van der Waals surface area (Å²) in [7, 11) is 2.18. The number of aromatic nitrogens is 1. The van der Waals surface area contributed by atoms with Crippen LogP contribution in [0.25, 0.3) is 0 Å². The average molecular weight is 206 g/mol. The van der Waals surface area contributed by atoms with E-state index in [1.54, 1.807) is 6.20 Å². The highest BCUT2D eigenvalue weighted by molar-refractivity contribution is 5.49. The van der Waals surface area contributed by atoms with E-state index in [-0.39, 0.29) is 0 Å². The number of nitrogens with one attached hydrogen (secondary N) is 1. The largest absolute Gasteiger partial charge is 0.384 e. The standard InChI is InChI=1S/C11H18N4/c1-15(10-2-3-10)7-6-13-9-4-5-14-11(12)8-9/h4-5,8,10H,2-3,6-7H2,1H3,(H3,12,13,14). The summed E-state index contributed by atoms with van der Waals surface area (Å²) in [5.41, 5.74) is 6.63. The summed E-state index contributed by atoms with van der Waals surface area (Å²) in [6.07, 6.45) is 4.44. The molecule has 1 saturated carbocycles. The molecule has 15 heavy (non-hydrogen) atoms. The number of hydrogen-bond donors (Lipinski definition) is 2. The molecule has 3 N–H and O–H groups in total. The minimum atomic E-state index is 0.565. The maximum Gasteiger partial charge on any atom is 0.125 e. The molecule has 1 aliphatic rings. The molecule has 4 nitrogen and oxygen atoms in total. The van der Waals surface area contributed by atoms with Crippen molar-refractivity contribution < 1.29 is 0 Å². The van der Waals surface area contributed by atoms with Crippen molar-refractivity contribution in [2.45, 2.75) is 18.9 Å². The zero-order valence-corrected chi connectivity index (χ0v) is 9.11. The number of nitrogens with two attached hydrogens (primary N) is 1. The van der Waals surface area contributed by atoms with Gasteiger partial charge in [0.2, 0.25) is 0 Å². The van der Waals surface area contributed by atoms with Crippen molar-refractivity contribution in [3.05, 3.63) is 18.3 Å². The first-order chi connectivity index (χ1) is 7.25. The van der Waals surface area contributed by atoms with E-state index in [2.05, 4.69) is 22.2 Å². The van der Waals surface area contributed by atoms with Gasteiger partial charge in [0.15, 0.2) is 0 Å². The van der Waals surface area contributed by atoms with Gasteiger partial charge in [0.25, 0.3) is 0 Å². The summed E-state index contributed by atoms with van der Waals surface area (Å²) >= 11 is 0. The maximum atomic E-state index is 5.59. The first-order valence-electron chi connectivity index (χ1n) is 5.41. The van der Waals surface area contributed by atoms with Crippen molar-refractivity contribution in [2.75, 3.05) is 31.2 Å². The third-order valence-electron chi connectivity index (χ3n) is 2.74. The zero-order chi connectivity index (χ0) is 10.7. The Morgan fingerprint density at radius 1 is 1.60 bits per heavy atom. The minimum absolute atomic E-state index is 0.565. The normalized spacial score (nSPS) is 15.6. The lowest BCUT2D eigenvalue weighted by Gasteiger charge is -2.16. The van der Waals surface area contributed by atoms with E-state index >= 15 is 0 Å². The molecule has 82 valence electrons. The van der Waals surface area contributed by atoms with Gasteiger partial charge in [-0.15, -0.1) is 0 Å². The van der Waals surface area contributed by atoms with Crippen molar-refractivity contribution in [1.82, 2.24) is 9.88 Å². The van der Waals surface area contributed by atoms with Crippen molar-refractivity contribution in [3.63, 3.8) is 0 Å². The Labute approximate surface area is 90.5 Å². The van der Waals surface area contributed by atoms with E-state index in [1.165, 1.54) is 12.8 Å². The monoisotopic (exact) mass is 206 g/mol. The summed E-state index contributed by atoms with van der Waals surface area (Å²) in [5, 5.41) is 3.34. The molecule has 0 bridgehead atoms. The second-order valence-corrected chi connectivity index (χ2v) is 4.11. The number of anilines is 2. The van der Waals surface area contributed by atoms with Crippen molar-refractivity contribution in [3.8, 4) is 0 Å². The van der Waals surface area contributed by atoms with Crippen LogP contribution in [0.2, 0.25) is 0 Å². The van der Waals surface area contributed by atoms with Gasteiger partial charge < -0.3 is 16.0 Å². The van der Waals surface area contributed by atoms with Crippen LogP contribution in [0.1, 0.15) is 12.8 Å². The molecule has 2 rings (SSSR count). The summed E-state index contributed by atoms with van der Waals surface area (Å²) in [5.74, 6) is 0.565. The van der Waals surface area contributed by atoms with E-state index in [9.17, 15) is 0 Å². The predicted octanol–water partition coefficient (Wildman–Crippen LogP) is 1.17. The van der Waals surface area contributed by atoms with Crippen LogP contribution in [0.3, 0.4) is 0 Å². The molecule has 1 aliphatic carbocycles. The average Bonchev–Trinajstić information content (AvgIpc) is 3.00. The van der Waals surface area contributed by atoms with E-state index in [4.69, 9.17) is 5.73 Å². The lowest BCUT2D eigenvalue weighted by Crippen LogP contribution is -2.27. The Morgan fingerprint density at radius 3 is 3.07 bits per heavy atom. The molecule has 0 saturated heterocycles. The van der Waals surface area contributed by atoms with Gasteiger partial charge in [-0.2, -0.15) is 0 Å². The highest BCUT2D eigenvalue weighted by atomic mass is 15.2. The number of nitrogens with zero attached hydrogens (tertiary/aromatic N) is 2. The van der Waals surface area contributed by atoms with E-state index in [0.29, 0.717) is 5.82 Å². The molecule has 0 aliphatic heterocycles. The van der Waals surface area contributed by atoms with Gasteiger partial charge >= 0.3 is 0 Å². The Hall–Kier alpha value is -1.29. The van der Waals surface area contributed by atoms with E-state index in [1.807, 2.05) is 12.1 Å². The highest BCUT2D eigenvalue weighted by Gasteiger charge is 2.25. The van der Waals surface area contributed by atoms with Crippen LogP contribution in [0.4, 0.5) is 11.5 Å². The van der Waals surface area contributed by atoms with Crippen molar-refractivity contribution in [1.29, 1.82) is 0 Å². The molecule has 1 fully saturated rings. The quantitative estimate of drug-likeness (QED) is 0.759. The third-order valence-corrected chi connectivity index (χ3v) is 2.74. The smallest absolute Gasteiger partial charge is 0.125 e. The molecule has 1 heterocycles. The van der Waals surface area contributed by atoms with Crippen LogP contribution >= 0.6 is 0 Å². The van der Waals surface area contributed by atoms with Gasteiger partial charge in [0, 0.05) is 37.1 Å². The molecule has 4 heteroatoms. The van der Waals surface area contributed by atoms with Crippen LogP contribution in [-0.2, 0) is 0 Å². The number of rotatable bonds is 5. The van der Waals surface area contributed by atoms with Crippen LogP contribution in [0.15, 0.2) is 18.3 Å². The topological polar surface area (TPSA) is 54.2 Å². The molecule has 0 unspecified atom stereocenters. The minimum Gasteiger partial charge on any atom is -0.384 e. The second-order valence-electron chi connectivity index (χ2n) is 4.11. The number of nitrogen functional groups attached to an aromatic ring is 1. The summed E-state index contributed by atoms with van der Waals surface area (Å²) in [4.78, 5) is 6.35. The maximum absolute atomic E-state index is 5.59. The van der Waals surface area contributed by atoms with Crippen LogP contribution < -0.4 is 11.1 Å². The molecule has 0 amide bonds. The summed E-state index contributed by atoms with van der Waals surface area (Å²) in [6, 6.07) is 4.62. The van der Waals surface area contributed by atoms with Crippen LogP contribution in [0.5, 0.6) is 0 Å². The fourth-order valence-electron chi connectivity index (χ4n) is 1.63. The molecule has 0 radical (unpaired) electrons. The van der Waals surface area contributed by atoms with Gasteiger partial charge in [-0.05, 0) is 26.0 Å². The SMILES string of the molecule is CN(CCNc1ccnc(N)c1)C1CC1. The number of pyridine rings is 1. The van der Waals surface area contributed by atoms with Crippen LogP contribution in [-0.4, -0.2) is 36.1 Å². The Kier molecular flexibility index (Phi) is 3.06. The first-order valence-corrected chi connectivity index (χ1v) is 5.41. The van der Waals surface area contributed by atoms with E-state index in [0.717, 1.165) is 24.8 Å². The molecule has 0 aromatic carbocycles. The third kappa shape index (κ3) is 3.09. The zero-order valence-electron chi connectivity index (χ0n) is 9.11. The number of likely N-dealkylation sites (N-methyl/N-ethyl adjacent to an activating group) is 1. The fourth-order valence-corrected chi connectivity index (χ4v) is 1.63. The first kappa shape index (κ1) is 10.2. The van der Waals surface area contributed by atoms with Gasteiger partial charge in [-0.1, -0.05) is 0 Å². The molecule has 0 atom stereocenters. The van der Waals surface area contributed by atoms with Gasteiger partial charge in [0.1, 0.15) is 5.82 Å². The van der Waals surface area contributed by atoms with E-state index < -0.39 is 0 Å². The van der Waals surface area contributed by atoms with Gasteiger partial charge in [-0.25, -0.2) is 4.98 Å². The molecular weight excluding hydrogens is 188 g/mol. The van der Waals surface area contributed by atoms with Crippen molar-refractivity contribution >= 4 is 11.5 Å². The summed E-state index contributed by atoms with van der Waals surface area (Å²) < 4.78 is 0. The molecule has 0 spiro atoms. The molecular formula is C11H18N4.